The molecule has 0 aromatic carbocycles. The Kier molecular flexibility index (Phi) is 6.80. The smallest absolute Gasteiger partial charge is 0.325 e. The van der Waals surface area contributed by atoms with Gasteiger partial charge < -0.3 is 15.0 Å². The van der Waals surface area contributed by atoms with Crippen molar-refractivity contribution in [2.45, 2.75) is 52.0 Å². The Labute approximate surface area is 117 Å². The molecule has 1 heterocycles. The molecule has 1 aliphatic rings. The van der Waals surface area contributed by atoms with Crippen molar-refractivity contribution in [1.82, 2.24) is 10.2 Å². The Morgan fingerprint density at radius 1 is 1.53 bits per heavy atom. The number of carbonyl (C=O) groups excluding carboxylic acids is 1. The van der Waals surface area contributed by atoms with Crippen LogP contribution in [0.2, 0.25) is 0 Å². The summed E-state index contributed by atoms with van der Waals surface area (Å²) >= 11 is 0. The van der Waals surface area contributed by atoms with E-state index in [9.17, 15) is 4.79 Å². The second kappa shape index (κ2) is 7.85. The van der Waals surface area contributed by atoms with Crippen LogP contribution in [0.1, 0.15) is 46.5 Å². The summed E-state index contributed by atoms with van der Waals surface area (Å²) < 4.78 is 4.94. The minimum atomic E-state index is -0.532. The fourth-order valence-electron chi connectivity index (χ4n) is 2.77. The molecule has 0 aromatic rings. The highest BCUT2D eigenvalue weighted by molar-refractivity contribution is 5.80. The predicted octanol–water partition coefficient (Wildman–Crippen LogP) is 2.04. The zero-order valence-corrected chi connectivity index (χ0v) is 13.0. The van der Waals surface area contributed by atoms with E-state index < -0.39 is 5.54 Å². The van der Waals surface area contributed by atoms with Crippen LogP contribution in [0, 0.1) is 5.92 Å². The fraction of sp³-hybridized carbons (Fsp3) is 0.933. The molecule has 1 rings (SSSR count). The Balaban J connectivity index is 2.37. The van der Waals surface area contributed by atoms with Gasteiger partial charge in [0, 0.05) is 6.54 Å². The molecule has 0 radical (unpaired) electrons. The molecule has 2 unspecified atom stereocenters. The van der Waals surface area contributed by atoms with E-state index in [1.165, 1.54) is 26.6 Å². The molecule has 0 bridgehead atoms. The summed E-state index contributed by atoms with van der Waals surface area (Å²) in [7, 11) is 1.47. The molecule has 2 atom stereocenters. The van der Waals surface area contributed by atoms with Crippen LogP contribution >= 0.6 is 0 Å². The third kappa shape index (κ3) is 5.11. The largest absolute Gasteiger partial charge is 0.468 e. The van der Waals surface area contributed by atoms with Crippen molar-refractivity contribution in [3.63, 3.8) is 0 Å². The molecule has 4 heteroatoms. The van der Waals surface area contributed by atoms with Crippen molar-refractivity contribution in [3.8, 4) is 0 Å². The Morgan fingerprint density at radius 2 is 2.26 bits per heavy atom. The summed E-state index contributed by atoms with van der Waals surface area (Å²) in [6.07, 6.45) is 4.21. The molecule has 0 aliphatic carbocycles. The molecule has 0 saturated carbocycles. The van der Waals surface area contributed by atoms with Gasteiger partial charge in [-0.2, -0.15) is 0 Å². The molecular formula is C15H30N2O2. The molecule has 1 fully saturated rings. The Hall–Kier alpha value is -0.610. The summed E-state index contributed by atoms with van der Waals surface area (Å²) in [5.41, 5.74) is -0.532. The third-order valence-electron chi connectivity index (χ3n) is 4.06. The summed E-state index contributed by atoms with van der Waals surface area (Å²) in [6.45, 7) is 10.7. The van der Waals surface area contributed by atoms with Crippen LogP contribution in [-0.2, 0) is 9.53 Å². The summed E-state index contributed by atoms with van der Waals surface area (Å²) in [4.78, 5) is 14.4. The van der Waals surface area contributed by atoms with Crippen LogP contribution in [0.5, 0.6) is 0 Å². The van der Waals surface area contributed by atoms with Crippen molar-refractivity contribution in [3.05, 3.63) is 0 Å². The summed E-state index contributed by atoms with van der Waals surface area (Å²) in [5.74, 6) is 0.681. The number of nitrogens with one attached hydrogen (secondary N) is 1. The van der Waals surface area contributed by atoms with Gasteiger partial charge in [0.2, 0.25) is 0 Å². The van der Waals surface area contributed by atoms with E-state index in [-0.39, 0.29) is 5.97 Å². The van der Waals surface area contributed by atoms with Gasteiger partial charge in [-0.1, -0.05) is 13.8 Å². The number of hydrogen-bond acceptors (Lipinski definition) is 4. The first-order valence-electron chi connectivity index (χ1n) is 7.57. The van der Waals surface area contributed by atoms with Gasteiger partial charge in [-0.05, 0) is 58.2 Å². The van der Waals surface area contributed by atoms with Gasteiger partial charge in [0.15, 0.2) is 0 Å². The highest BCUT2D eigenvalue weighted by Gasteiger charge is 2.33. The lowest BCUT2D eigenvalue weighted by molar-refractivity contribution is -0.148. The van der Waals surface area contributed by atoms with Gasteiger partial charge in [-0.15, -0.1) is 0 Å². The summed E-state index contributed by atoms with van der Waals surface area (Å²) in [6, 6.07) is 0. The molecule has 1 saturated heterocycles. The second-order valence-corrected chi connectivity index (χ2v) is 6.05. The van der Waals surface area contributed by atoms with E-state index in [4.69, 9.17) is 4.74 Å². The van der Waals surface area contributed by atoms with E-state index >= 15 is 0 Å². The number of ether oxygens (including phenoxy) is 1. The van der Waals surface area contributed by atoms with Crippen molar-refractivity contribution < 1.29 is 9.53 Å². The highest BCUT2D eigenvalue weighted by Crippen LogP contribution is 2.19. The number of rotatable bonds is 8. The lowest BCUT2D eigenvalue weighted by atomic mass is 9.95. The molecule has 1 N–H and O–H groups in total. The first-order chi connectivity index (χ1) is 9.01. The van der Waals surface area contributed by atoms with Gasteiger partial charge >= 0.3 is 5.97 Å². The number of nitrogens with zero attached hydrogens (tertiary/aromatic N) is 1. The maximum absolute atomic E-state index is 11.9. The molecule has 0 aromatic heterocycles. The fourth-order valence-corrected chi connectivity index (χ4v) is 2.77. The molecule has 112 valence electrons. The van der Waals surface area contributed by atoms with Crippen LogP contribution in [0.15, 0.2) is 0 Å². The van der Waals surface area contributed by atoms with Crippen molar-refractivity contribution in [2.24, 2.45) is 5.92 Å². The Bertz CT molecular complexity index is 283. The van der Waals surface area contributed by atoms with E-state index in [1.807, 2.05) is 6.92 Å². The minimum absolute atomic E-state index is 0.143. The van der Waals surface area contributed by atoms with E-state index in [0.717, 1.165) is 38.3 Å². The predicted molar refractivity (Wildman–Crippen MR) is 78.2 cm³/mol. The maximum Gasteiger partial charge on any atom is 0.325 e. The zero-order chi connectivity index (χ0) is 14.3. The number of carbonyl (C=O) groups is 1. The molecule has 0 spiro atoms. The second-order valence-electron chi connectivity index (χ2n) is 6.05. The first kappa shape index (κ1) is 16.4. The molecule has 4 nitrogen and oxygen atoms in total. The minimum Gasteiger partial charge on any atom is -0.468 e. The van der Waals surface area contributed by atoms with Gasteiger partial charge in [0.05, 0.1) is 7.11 Å². The zero-order valence-electron chi connectivity index (χ0n) is 13.0. The lowest BCUT2D eigenvalue weighted by Gasteiger charge is -2.28. The average Bonchev–Trinajstić information content (AvgIpc) is 2.81. The van der Waals surface area contributed by atoms with Crippen LogP contribution in [-0.4, -0.2) is 49.7 Å². The van der Waals surface area contributed by atoms with E-state index in [1.54, 1.807) is 0 Å². The SMILES string of the molecule is CCCNC(C)(CCCN1CCC(C)C1)C(=O)OC. The lowest BCUT2D eigenvalue weighted by Crippen LogP contribution is -2.50. The molecular weight excluding hydrogens is 240 g/mol. The monoisotopic (exact) mass is 270 g/mol. The van der Waals surface area contributed by atoms with E-state index in [0.29, 0.717) is 0 Å². The highest BCUT2D eigenvalue weighted by atomic mass is 16.5. The van der Waals surface area contributed by atoms with E-state index in [2.05, 4.69) is 24.1 Å². The maximum atomic E-state index is 11.9. The Morgan fingerprint density at radius 3 is 2.79 bits per heavy atom. The molecule has 1 aliphatic heterocycles. The third-order valence-corrected chi connectivity index (χ3v) is 4.06. The van der Waals surface area contributed by atoms with Gasteiger partial charge in [0.1, 0.15) is 5.54 Å². The molecule has 19 heavy (non-hydrogen) atoms. The van der Waals surface area contributed by atoms with Gasteiger partial charge in [0.25, 0.3) is 0 Å². The standard InChI is InChI=1S/C15H30N2O2/c1-5-9-16-15(3,14(18)19-4)8-6-10-17-11-7-13(2)12-17/h13,16H,5-12H2,1-4H3. The van der Waals surface area contributed by atoms with Gasteiger partial charge in [-0.3, -0.25) is 4.79 Å². The molecule has 0 amide bonds. The van der Waals surface area contributed by atoms with Crippen molar-refractivity contribution in [1.29, 1.82) is 0 Å². The van der Waals surface area contributed by atoms with Crippen molar-refractivity contribution >= 4 is 5.97 Å². The normalized spacial score (nSPS) is 23.3. The topological polar surface area (TPSA) is 41.6 Å². The number of esters is 1. The summed E-state index contributed by atoms with van der Waals surface area (Å²) in [5, 5.41) is 3.34. The number of hydrogen-bond donors (Lipinski definition) is 1. The average molecular weight is 270 g/mol. The van der Waals surface area contributed by atoms with Gasteiger partial charge in [-0.25, -0.2) is 0 Å². The van der Waals surface area contributed by atoms with Crippen LogP contribution < -0.4 is 5.32 Å². The van der Waals surface area contributed by atoms with Crippen LogP contribution in [0.25, 0.3) is 0 Å². The van der Waals surface area contributed by atoms with Crippen LogP contribution in [0.4, 0.5) is 0 Å². The number of likely N-dealkylation sites (tertiary alicyclic amines) is 1. The first-order valence-corrected chi connectivity index (χ1v) is 7.57. The van der Waals surface area contributed by atoms with Crippen molar-refractivity contribution in [2.75, 3.05) is 33.3 Å². The number of methoxy groups -OCH3 is 1. The van der Waals surface area contributed by atoms with Crippen LogP contribution in [0.3, 0.4) is 0 Å². The quantitative estimate of drug-likeness (QED) is 0.685.